The van der Waals surface area contributed by atoms with E-state index in [1.165, 1.54) is 7.11 Å². The molecule has 7 heteroatoms. The summed E-state index contributed by atoms with van der Waals surface area (Å²) in [6.45, 7) is 1.88. The molecule has 1 aromatic carbocycles. The average Bonchev–Trinajstić information content (AvgIpc) is 2.94. The molecule has 1 aliphatic heterocycles. The number of likely N-dealkylation sites (tertiary alicyclic amines) is 1. The van der Waals surface area contributed by atoms with Crippen molar-refractivity contribution in [2.75, 3.05) is 53.3 Å². The van der Waals surface area contributed by atoms with Gasteiger partial charge in [-0.25, -0.2) is 0 Å². The zero-order valence-corrected chi connectivity index (χ0v) is 14.7. The number of carbonyl (C=O) groups excluding carboxylic acids is 2. The molecule has 0 saturated carbocycles. The third-order valence-corrected chi connectivity index (χ3v) is 4.07. The average molecular weight is 335 g/mol. The van der Waals surface area contributed by atoms with Crippen LogP contribution < -0.4 is 14.8 Å². The molecule has 0 bridgehead atoms. The Hall–Kier alpha value is -2.28. The molecule has 1 fully saturated rings. The Morgan fingerprint density at radius 1 is 1.33 bits per heavy atom. The molecule has 1 N–H and O–H groups in total. The van der Waals surface area contributed by atoms with Gasteiger partial charge in [-0.3, -0.25) is 9.59 Å². The normalized spacial score (nSPS) is 17.3. The fourth-order valence-corrected chi connectivity index (χ4v) is 2.62. The second kappa shape index (κ2) is 8.01. The van der Waals surface area contributed by atoms with E-state index in [1.807, 2.05) is 19.0 Å². The zero-order chi connectivity index (χ0) is 17.7. The maximum absolute atomic E-state index is 12.5. The Kier molecular flexibility index (Phi) is 6.03. The van der Waals surface area contributed by atoms with E-state index in [1.54, 1.807) is 30.2 Å². The van der Waals surface area contributed by atoms with E-state index in [4.69, 9.17) is 9.47 Å². The van der Waals surface area contributed by atoms with Gasteiger partial charge in [-0.2, -0.15) is 0 Å². The van der Waals surface area contributed by atoms with Crippen LogP contribution in [0.3, 0.4) is 0 Å². The predicted octanol–water partition coefficient (Wildman–Crippen LogP) is 1.05. The second-order valence-corrected chi connectivity index (χ2v) is 6.10. The summed E-state index contributed by atoms with van der Waals surface area (Å²) in [7, 11) is 7.02. The Bertz CT molecular complexity index is 603. The van der Waals surface area contributed by atoms with Crippen LogP contribution in [0.25, 0.3) is 0 Å². The first kappa shape index (κ1) is 18.1. The van der Waals surface area contributed by atoms with Crippen molar-refractivity contribution in [2.24, 2.45) is 5.92 Å². The number of ether oxygens (including phenoxy) is 2. The minimum absolute atomic E-state index is 0.0266. The van der Waals surface area contributed by atoms with Crippen LogP contribution in [0.2, 0.25) is 0 Å². The van der Waals surface area contributed by atoms with Crippen molar-refractivity contribution in [3.05, 3.63) is 18.2 Å². The molecular weight excluding hydrogens is 310 g/mol. The summed E-state index contributed by atoms with van der Waals surface area (Å²) in [5, 5.41) is 2.85. The molecule has 2 rings (SSSR count). The number of nitrogens with zero attached hydrogens (tertiary/aromatic N) is 2. The summed E-state index contributed by atoms with van der Waals surface area (Å²) in [5.41, 5.74) is 0.572. The van der Waals surface area contributed by atoms with E-state index in [0.29, 0.717) is 30.3 Å². The first-order valence-corrected chi connectivity index (χ1v) is 7.90. The lowest BCUT2D eigenvalue weighted by atomic mass is 10.1. The molecule has 7 nitrogen and oxygen atoms in total. The maximum Gasteiger partial charge on any atom is 0.229 e. The van der Waals surface area contributed by atoms with Crippen molar-refractivity contribution in [1.82, 2.24) is 9.80 Å². The lowest BCUT2D eigenvalue weighted by Gasteiger charge is -2.19. The second-order valence-electron chi connectivity index (χ2n) is 6.10. The molecule has 1 atom stereocenters. The number of hydrogen-bond donors (Lipinski definition) is 1. The van der Waals surface area contributed by atoms with Crippen LogP contribution in [0, 0.1) is 5.92 Å². The summed E-state index contributed by atoms with van der Waals surface area (Å²) in [4.78, 5) is 28.3. The molecule has 0 radical (unpaired) electrons. The van der Waals surface area contributed by atoms with Crippen LogP contribution in [-0.4, -0.2) is 69.6 Å². The van der Waals surface area contributed by atoms with E-state index < -0.39 is 0 Å². The Balaban J connectivity index is 1.99. The first-order valence-electron chi connectivity index (χ1n) is 7.90. The maximum atomic E-state index is 12.5. The minimum atomic E-state index is -0.341. The Morgan fingerprint density at radius 2 is 2.08 bits per heavy atom. The number of anilines is 1. The quantitative estimate of drug-likeness (QED) is 0.806. The van der Waals surface area contributed by atoms with Gasteiger partial charge in [-0.05, 0) is 26.2 Å². The summed E-state index contributed by atoms with van der Waals surface area (Å²) >= 11 is 0. The highest BCUT2D eigenvalue weighted by molar-refractivity contribution is 5.98. The van der Waals surface area contributed by atoms with Crippen molar-refractivity contribution in [1.29, 1.82) is 0 Å². The van der Waals surface area contributed by atoms with Crippen LogP contribution in [0.1, 0.15) is 6.42 Å². The first-order chi connectivity index (χ1) is 11.4. The van der Waals surface area contributed by atoms with Crippen LogP contribution in [0.15, 0.2) is 18.2 Å². The number of carbonyl (C=O) groups is 2. The van der Waals surface area contributed by atoms with Gasteiger partial charge in [0.2, 0.25) is 11.8 Å². The van der Waals surface area contributed by atoms with Crippen LogP contribution >= 0.6 is 0 Å². The van der Waals surface area contributed by atoms with E-state index in [-0.39, 0.29) is 24.2 Å². The molecule has 2 amide bonds. The SMILES string of the molecule is COc1ccc(NC(=O)C2CC(=O)N(CCN(C)C)C2)c(OC)c1. The van der Waals surface area contributed by atoms with Crippen molar-refractivity contribution < 1.29 is 19.1 Å². The number of amides is 2. The van der Waals surface area contributed by atoms with Crippen molar-refractivity contribution in [3.8, 4) is 11.5 Å². The van der Waals surface area contributed by atoms with Crippen molar-refractivity contribution in [3.63, 3.8) is 0 Å². The van der Waals surface area contributed by atoms with Crippen molar-refractivity contribution in [2.45, 2.75) is 6.42 Å². The zero-order valence-electron chi connectivity index (χ0n) is 14.7. The number of hydrogen-bond acceptors (Lipinski definition) is 5. The smallest absolute Gasteiger partial charge is 0.229 e. The van der Waals surface area contributed by atoms with Crippen LogP contribution in [0.5, 0.6) is 11.5 Å². The van der Waals surface area contributed by atoms with Gasteiger partial charge in [0, 0.05) is 32.1 Å². The van der Waals surface area contributed by atoms with E-state index in [2.05, 4.69) is 5.32 Å². The van der Waals surface area contributed by atoms with Gasteiger partial charge in [-0.1, -0.05) is 0 Å². The van der Waals surface area contributed by atoms with Gasteiger partial charge in [0.1, 0.15) is 11.5 Å². The van der Waals surface area contributed by atoms with Gasteiger partial charge >= 0.3 is 0 Å². The van der Waals surface area contributed by atoms with Crippen LogP contribution in [0.4, 0.5) is 5.69 Å². The minimum Gasteiger partial charge on any atom is -0.497 e. The number of benzene rings is 1. The highest BCUT2D eigenvalue weighted by Gasteiger charge is 2.34. The van der Waals surface area contributed by atoms with Gasteiger partial charge in [0.15, 0.2) is 0 Å². The number of methoxy groups -OCH3 is 2. The lowest BCUT2D eigenvalue weighted by Crippen LogP contribution is -2.34. The largest absolute Gasteiger partial charge is 0.497 e. The third-order valence-electron chi connectivity index (χ3n) is 4.07. The van der Waals surface area contributed by atoms with E-state index >= 15 is 0 Å². The van der Waals surface area contributed by atoms with Gasteiger partial charge in [0.05, 0.1) is 25.8 Å². The molecule has 0 aromatic heterocycles. The molecule has 24 heavy (non-hydrogen) atoms. The Morgan fingerprint density at radius 3 is 2.71 bits per heavy atom. The van der Waals surface area contributed by atoms with E-state index in [0.717, 1.165) is 6.54 Å². The van der Waals surface area contributed by atoms with Gasteiger partial charge in [0.25, 0.3) is 0 Å². The summed E-state index contributed by atoms with van der Waals surface area (Å²) in [6, 6.07) is 5.19. The summed E-state index contributed by atoms with van der Waals surface area (Å²) in [6.07, 6.45) is 0.248. The molecule has 1 unspecified atom stereocenters. The number of nitrogens with one attached hydrogen (secondary N) is 1. The summed E-state index contributed by atoms with van der Waals surface area (Å²) < 4.78 is 10.4. The highest BCUT2D eigenvalue weighted by atomic mass is 16.5. The molecule has 0 aliphatic carbocycles. The van der Waals surface area contributed by atoms with E-state index in [9.17, 15) is 9.59 Å². The number of likely N-dealkylation sites (N-methyl/N-ethyl adjacent to an activating group) is 1. The summed E-state index contributed by atoms with van der Waals surface area (Å²) in [5.74, 6) is 0.691. The van der Waals surface area contributed by atoms with Crippen LogP contribution in [-0.2, 0) is 9.59 Å². The highest BCUT2D eigenvalue weighted by Crippen LogP contribution is 2.30. The molecule has 0 spiro atoms. The van der Waals surface area contributed by atoms with Crippen molar-refractivity contribution >= 4 is 17.5 Å². The Labute approximate surface area is 142 Å². The molecule has 1 aromatic rings. The topological polar surface area (TPSA) is 71.1 Å². The standard InChI is InChI=1S/C17H25N3O4/c1-19(2)7-8-20-11-12(9-16(20)21)17(22)18-14-6-5-13(23-3)10-15(14)24-4/h5-6,10,12H,7-9,11H2,1-4H3,(H,18,22). The molecule has 1 aliphatic rings. The monoisotopic (exact) mass is 335 g/mol. The molecule has 1 saturated heterocycles. The predicted molar refractivity (Wildman–Crippen MR) is 91.4 cm³/mol. The fraction of sp³-hybridized carbons (Fsp3) is 0.529. The molecule has 1 heterocycles. The number of rotatable bonds is 7. The van der Waals surface area contributed by atoms with Gasteiger partial charge in [-0.15, -0.1) is 0 Å². The lowest BCUT2D eigenvalue weighted by molar-refractivity contribution is -0.128. The third kappa shape index (κ3) is 4.38. The fourth-order valence-electron chi connectivity index (χ4n) is 2.62. The molecular formula is C17H25N3O4. The molecule has 132 valence electrons. The van der Waals surface area contributed by atoms with Gasteiger partial charge < -0.3 is 24.6 Å².